The Kier molecular flexibility index (Phi) is 8.14. The number of amides is 1. The molecule has 0 bridgehead atoms. The highest BCUT2D eigenvalue weighted by molar-refractivity contribution is 7.89. The molecule has 0 heterocycles. The van der Waals surface area contributed by atoms with Crippen molar-refractivity contribution in [3.8, 4) is 0 Å². The lowest BCUT2D eigenvalue weighted by Crippen LogP contribution is -2.31. The Morgan fingerprint density at radius 1 is 1.03 bits per heavy atom. The summed E-state index contributed by atoms with van der Waals surface area (Å²) in [6.07, 6.45) is 0. The first kappa shape index (κ1) is 25.5. The molecule has 0 atom stereocenters. The van der Waals surface area contributed by atoms with Gasteiger partial charge in [-0.15, -0.1) is 0 Å². The van der Waals surface area contributed by atoms with Gasteiger partial charge in [-0.3, -0.25) is 4.79 Å². The first-order chi connectivity index (χ1) is 14.9. The number of sulfonamides is 1. The second-order valence-electron chi connectivity index (χ2n) is 8.19. The van der Waals surface area contributed by atoms with Gasteiger partial charge < -0.3 is 10.1 Å². The Hall–Kier alpha value is -2.78. The third kappa shape index (κ3) is 6.14. The van der Waals surface area contributed by atoms with E-state index in [1.54, 1.807) is 26.0 Å². The van der Waals surface area contributed by atoms with Gasteiger partial charge in [-0.1, -0.05) is 46.8 Å². The second-order valence-corrected chi connectivity index (χ2v) is 10.1. The van der Waals surface area contributed by atoms with Gasteiger partial charge in [0, 0.05) is 18.8 Å². The monoisotopic (exact) mass is 464 g/mol. The number of esters is 1. The summed E-state index contributed by atoms with van der Waals surface area (Å²) in [5.41, 5.74) is 1.46. The zero-order valence-corrected chi connectivity index (χ0v) is 19.8. The molecule has 2 aromatic carbocycles. The van der Waals surface area contributed by atoms with Gasteiger partial charge in [0.2, 0.25) is 10.0 Å². The average Bonchev–Trinajstić information content (AvgIpc) is 2.72. The minimum absolute atomic E-state index is 0.0230. The molecule has 0 radical (unpaired) electrons. The Morgan fingerprint density at radius 2 is 1.62 bits per heavy atom. The Labute approximate surface area is 188 Å². The zero-order valence-electron chi connectivity index (χ0n) is 18.9. The van der Waals surface area contributed by atoms with E-state index in [0.29, 0.717) is 5.69 Å². The molecule has 1 N–H and O–H groups in total. The maximum absolute atomic E-state index is 14.2. The predicted octanol–water partition coefficient (Wildman–Crippen LogP) is 3.95. The number of nitrogens with zero attached hydrogens (tertiary/aromatic N) is 1. The van der Waals surface area contributed by atoms with Crippen molar-refractivity contribution in [1.82, 2.24) is 4.31 Å². The van der Waals surface area contributed by atoms with Gasteiger partial charge in [-0.05, 0) is 41.3 Å². The van der Waals surface area contributed by atoms with Gasteiger partial charge in [-0.25, -0.2) is 17.6 Å². The molecule has 0 aliphatic heterocycles. The minimum Gasteiger partial charge on any atom is -0.452 e. The summed E-state index contributed by atoms with van der Waals surface area (Å²) in [6, 6.07) is 10.2. The normalized spacial score (nSPS) is 12.0. The number of rotatable bonds is 8. The van der Waals surface area contributed by atoms with Crippen LogP contribution in [0.2, 0.25) is 0 Å². The van der Waals surface area contributed by atoms with E-state index in [-0.39, 0.29) is 24.1 Å². The van der Waals surface area contributed by atoms with Crippen LogP contribution in [0, 0.1) is 5.82 Å². The van der Waals surface area contributed by atoms with Crippen molar-refractivity contribution in [2.45, 2.75) is 44.9 Å². The molecular weight excluding hydrogens is 435 g/mol. The summed E-state index contributed by atoms with van der Waals surface area (Å²) in [5.74, 6) is -2.45. The van der Waals surface area contributed by atoms with Crippen molar-refractivity contribution in [3.05, 3.63) is 59.4 Å². The largest absolute Gasteiger partial charge is 0.452 e. The fourth-order valence-electron chi connectivity index (χ4n) is 3.00. The standard InChI is InChI=1S/C23H29FN2O5S/c1-6-26(7-2)32(29,30)20-14-16(8-13-19(20)24)22(28)31-15-21(27)25-18-11-9-17(10-12-18)23(3,4)5/h8-14H,6-7,15H2,1-5H3,(H,25,27). The van der Waals surface area contributed by atoms with Crippen molar-refractivity contribution in [2.75, 3.05) is 25.0 Å². The maximum atomic E-state index is 14.2. The SMILES string of the molecule is CCN(CC)S(=O)(=O)c1cc(C(=O)OCC(=O)Nc2ccc(C(C)(C)C)cc2)ccc1F. The number of halogens is 1. The van der Waals surface area contributed by atoms with Crippen LogP contribution in [-0.2, 0) is 25.0 Å². The molecule has 2 aromatic rings. The van der Waals surface area contributed by atoms with Crippen molar-refractivity contribution in [2.24, 2.45) is 0 Å². The van der Waals surface area contributed by atoms with Crippen LogP contribution in [-0.4, -0.2) is 44.3 Å². The van der Waals surface area contributed by atoms with Crippen LogP contribution in [0.5, 0.6) is 0 Å². The molecule has 174 valence electrons. The number of hydrogen-bond acceptors (Lipinski definition) is 5. The number of ether oxygens (including phenoxy) is 1. The summed E-state index contributed by atoms with van der Waals surface area (Å²) in [6.45, 7) is 9.23. The molecule has 0 aromatic heterocycles. The highest BCUT2D eigenvalue weighted by Crippen LogP contribution is 2.24. The maximum Gasteiger partial charge on any atom is 0.338 e. The van der Waals surface area contributed by atoms with Crippen LogP contribution in [0.15, 0.2) is 47.4 Å². The van der Waals surface area contributed by atoms with Crippen LogP contribution >= 0.6 is 0 Å². The molecule has 32 heavy (non-hydrogen) atoms. The minimum atomic E-state index is -4.10. The molecule has 0 unspecified atom stereocenters. The number of benzene rings is 2. The Bertz CT molecular complexity index is 1070. The highest BCUT2D eigenvalue weighted by atomic mass is 32.2. The molecule has 0 saturated heterocycles. The lowest BCUT2D eigenvalue weighted by atomic mass is 9.87. The van der Waals surface area contributed by atoms with Crippen molar-refractivity contribution < 1.29 is 27.1 Å². The third-order valence-electron chi connectivity index (χ3n) is 4.86. The lowest BCUT2D eigenvalue weighted by Gasteiger charge is -2.19. The molecule has 7 nitrogen and oxygen atoms in total. The van der Waals surface area contributed by atoms with E-state index in [9.17, 15) is 22.4 Å². The van der Waals surface area contributed by atoms with E-state index in [0.717, 1.165) is 28.1 Å². The van der Waals surface area contributed by atoms with Crippen LogP contribution < -0.4 is 5.32 Å². The second kappa shape index (κ2) is 10.2. The van der Waals surface area contributed by atoms with Gasteiger partial charge in [0.1, 0.15) is 10.7 Å². The van der Waals surface area contributed by atoms with Crippen LogP contribution in [0.25, 0.3) is 0 Å². The van der Waals surface area contributed by atoms with E-state index in [1.165, 1.54) is 0 Å². The predicted molar refractivity (Wildman–Crippen MR) is 121 cm³/mol. The van der Waals surface area contributed by atoms with Gasteiger partial charge in [-0.2, -0.15) is 4.31 Å². The number of carbonyl (C=O) groups is 2. The van der Waals surface area contributed by atoms with Crippen LogP contribution in [0.1, 0.15) is 50.5 Å². The van der Waals surface area contributed by atoms with Gasteiger partial charge >= 0.3 is 5.97 Å². The van der Waals surface area contributed by atoms with Crippen molar-refractivity contribution in [1.29, 1.82) is 0 Å². The number of carbonyl (C=O) groups excluding carboxylic acids is 2. The number of nitrogens with one attached hydrogen (secondary N) is 1. The fourth-order valence-corrected chi connectivity index (χ4v) is 4.54. The molecule has 1 amide bonds. The zero-order chi connectivity index (χ0) is 24.1. The van der Waals surface area contributed by atoms with Gasteiger partial charge in [0.05, 0.1) is 5.56 Å². The molecule has 0 fully saturated rings. The summed E-state index contributed by atoms with van der Waals surface area (Å²) in [4.78, 5) is 23.8. The highest BCUT2D eigenvalue weighted by Gasteiger charge is 2.27. The summed E-state index contributed by atoms with van der Waals surface area (Å²) >= 11 is 0. The van der Waals surface area contributed by atoms with Crippen molar-refractivity contribution >= 4 is 27.6 Å². The van der Waals surface area contributed by atoms with Gasteiger partial charge in [0.25, 0.3) is 5.91 Å². The molecule has 0 aliphatic rings. The van der Waals surface area contributed by atoms with E-state index in [4.69, 9.17) is 4.74 Å². The molecule has 2 rings (SSSR count). The first-order valence-electron chi connectivity index (χ1n) is 10.3. The Morgan fingerprint density at radius 3 is 2.16 bits per heavy atom. The summed E-state index contributed by atoms with van der Waals surface area (Å²) in [7, 11) is -4.10. The molecular formula is C23H29FN2O5S. The quantitative estimate of drug-likeness (QED) is 0.597. The van der Waals surface area contributed by atoms with Crippen LogP contribution in [0.3, 0.4) is 0 Å². The number of hydrogen-bond donors (Lipinski definition) is 1. The van der Waals surface area contributed by atoms with E-state index < -0.39 is 39.2 Å². The lowest BCUT2D eigenvalue weighted by molar-refractivity contribution is -0.119. The summed E-state index contributed by atoms with van der Waals surface area (Å²) < 4.78 is 45.5. The van der Waals surface area contributed by atoms with E-state index in [1.807, 2.05) is 12.1 Å². The third-order valence-corrected chi connectivity index (χ3v) is 6.92. The average molecular weight is 465 g/mol. The van der Waals surface area contributed by atoms with E-state index >= 15 is 0 Å². The first-order valence-corrected chi connectivity index (χ1v) is 11.7. The fraction of sp³-hybridized carbons (Fsp3) is 0.391. The molecule has 0 saturated carbocycles. The summed E-state index contributed by atoms with van der Waals surface area (Å²) in [5, 5.41) is 2.62. The molecule has 0 aliphatic carbocycles. The van der Waals surface area contributed by atoms with Gasteiger partial charge in [0.15, 0.2) is 6.61 Å². The number of anilines is 1. The van der Waals surface area contributed by atoms with E-state index in [2.05, 4.69) is 26.1 Å². The topological polar surface area (TPSA) is 92.8 Å². The smallest absolute Gasteiger partial charge is 0.338 e. The van der Waals surface area contributed by atoms with Crippen molar-refractivity contribution in [3.63, 3.8) is 0 Å². The molecule has 9 heteroatoms. The molecule has 0 spiro atoms. The van der Waals surface area contributed by atoms with Crippen LogP contribution in [0.4, 0.5) is 10.1 Å². The Balaban J connectivity index is 2.06.